The predicted octanol–water partition coefficient (Wildman–Crippen LogP) is 1.27. The van der Waals surface area contributed by atoms with E-state index in [1.54, 1.807) is 0 Å². The quantitative estimate of drug-likeness (QED) is 0.737. The first-order valence-electron chi connectivity index (χ1n) is 5.13. The predicted molar refractivity (Wildman–Crippen MR) is 62.3 cm³/mol. The SMILES string of the molecule is CNCCNc1cnc2ccc(C)cn12. The number of likely N-dealkylation sites (N-methyl/N-ethyl adjacent to an activating group) is 1. The normalized spacial score (nSPS) is 10.8. The molecule has 0 aliphatic heterocycles. The van der Waals surface area contributed by atoms with Crippen LogP contribution in [0.1, 0.15) is 5.56 Å². The Hall–Kier alpha value is -1.55. The van der Waals surface area contributed by atoms with E-state index in [4.69, 9.17) is 0 Å². The Bertz CT molecular complexity index is 447. The standard InChI is InChI=1S/C11H16N4/c1-9-3-4-10-14-7-11(15(10)8-9)13-6-5-12-2/h3-4,7-8,12-13H,5-6H2,1-2H3. The number of aromatic nitrogens is 2. The molecule has 0 saturated heterocycles. The van der Waals surface area contributed by atoms with Crippen molar-refractivity contribution in [2.24, 2.45) is 0 Å². The first kappa shape index (κ1) is 9.98. The molecule has 80 valence electrons. The smallest absolute Gasteiger partial charge is 0.138 e. The Morgan fingerprint density at radius 3 is 3.00 bits per heavy atom. The van der Waals surface area contributed by atoms with Crippen molar-refractivity contribution in [3.8, 4) is 0 Å². The van der Waals surface area contributed by atoms with Crippen molar-refractivity contribution in [1.82, 2.24) is 14.7 Å². The van der Waals surface area contributed by atoms with Crippen LogP contribution in [-0.2, 0) is 0 Å². The van der Waals surface area contributed by atoms with Crippen molar-refractivity contribution in [2.45, 2.75) is 6.92 Å². The summed E-state index contributed by atoms with van der Waals surface area (Å²) in [5.74, 6) is 1.05. The van der Waals surface area contributed by atoms with Gasteiger partial charge in [0.2, 0.25) is 0 Å². The zero-order valence-electron chi connectivity index (χ0n) is 9.12. The molecule has 0 spiro atoms. The lowest BCUT2D eigenvalue weighted by molar-refractivity contribution is 0.820. The fraction of sp³-hybridized carbons (Fsp3) is 0.364. The first-order valence-corrected chi connectivity index (χ1v) is 5.13. The number of pyridine rings is 1. The molecule has 4 heteroatoms. The van der Waals surface area contributed by atoms with Gasteiger partial charge in [0, 0.05) is 19.3 Å². The highest BCUT2D eigenvalue weighted by molar-refractivity contribution is 5.50. The molecule has 2 aromatic rings. The number of hydrogen-bond donors (Lipinski definition) is 2. The van der Waals surface area contributed by atoms with Crippen LogP contribution in [0.4, 0.5) is 5.82 Å². The van der Waals surface area contributed by atoms with E-state index in [0.717, 1.165) is 24.6 Å². The first-order chi connectivity index (χ1) is 7.31. The van der Waals surface area contributed by atoms with Crippen molar-refractivity contribution in [2.75, 3.05) is 25.5 Å². The van der Waals surface area contributed by atoms with E-state index in [0.29, 0.717) is 0 Å². The molecule has 2 N–H and O–H groups in total. The van der Waals surface area contributed by atoms with Gasteiger partial charge in [-0.05, 0) is 25.6 Å². The van der Waals surface area contributed by atoms with Crippen molar-refractivity contribution in [1.29, 1.82) is 0 Å². The molecule has 0 bridgehead atoms. The Morgan fingerprint density at radius 1 is 1.33 bits per heavy atom. The van der Waals surface area contributed by atoms with Gasteiger partial charge < -0.3 is 10.6 Å². The molecule has 0 aliphatic rings. The summed E-state index contributed by atoms with van der Waals surface area (Å²) in [6.45, 7) is 3.92. The van der Waals surface area contributed by atoms with Crippen molar-refractivity contribution >= 4 is 11.5 Å². The van der Waals surface area contributed by atoms with Crippen LogP contribution in [0, 0.1) is 6.92 Å². The van der Waals surface area contributed by atoms with Crippen LogP contribution in [0.2, 0.25) is 0 Å². The van der Waals surface area contributed by atoms with Crippen LogP contribution < -0.4 is 10.6 Å². The number of nitrogens with zero attached hydrogens (tertiary/aromatic N) is 2. The van der Waals surface area contributed by atoms with Gasteiger partial charge in [-0.25, -0.2) is 4.98 Å². The fourth-order valence-corrected chi connectivity index (χ4v) is 1.53. The average Bonchev–Trinajstić information content (AvgIpc) is 2.62. The lowest BCUT2D eigenvalue weighted by Crippen LogP contribution is -2.18. The third-order valence-electron chi connectivity index (χ3n) is 2.33. The van der Waals surface area contributed by atoms with Crippen molar-refractivity contribution in [3.63, 3.8) is 0 Å². The molecule has 0 fully saturated rings. The molecule has 0 aromatic carbocycles. The second-order valence-corrected chi connectivity index (χ2v) is 3.61. The van der Waals surface area contributed by atoms with Gasteiger partial charge in [-0.1, -0.05) is 6.07 Å². The van der Waals surface area contributed by atoms with Gasteiger partial charge in [0.05, 0.1) is 6.20 Å². The zero-order chi connectivity index (χ0) is 10.7. The van der Waals surface area contributed by atoms with Gasteiger partial charge in [0.15, 0.2) is 0 Å². The molecular weight excluding hydrogens is 188 g/mol. The number of hydrogen-bond acceptors (Lipinski definition) is 3. The van der Waals surface area contributed by atoms with Crippen LogP contribution in [0.5, 0.6) is 0 Å². The number of fused-ring (bicyclic) bond motifs is 1. The minimum atomic E-state index is 0.901. The molecule has 0 radical (unpaired) electrons. The molecule has 0 aliphatic carbocycles. The van der Waals surface area contributed by atoms with Crippen LogP contribution in [0.25, 0.3) is 5.65 Å². The molecule has 0 atom stereocenters. The van der Waals surface area contributed by atoms with Gasteiger partial charge in [0.1, 0.15) is 11.5 Å². The molecule has 4 nitrogen and oxygen atoms in total. The fourth-order valence-electron chi connectivity index (χ4n) is 1.53. The largest absolute Gasteiger partial charge is 0.369 e. The zero-order valence-corrected chi connectivity index (χ0v) is 9.12. The lowest BCUT2D eigenvalue weighted by atomic mass is 10.3. The highest BCUT2D eigenvalue weighted by atomic mass is 15.1. The summed E-state index contributed by atoms with van der Waals surface area (Å²) >= 11 is 0. The number of anilines is 1. The molecule has 0 amide bonds. The second-order valence-electron chi connectivity index (χ2n) is 3.61. The van der Waals surface area contributed by atoms with E-state index < -0.39 is 0 Å². The molecule has 0 unspecified atom stereocenters. The molecule has 15 heavy (non-hydrogen) atoms. The maximum absolute atomic E-state index is 4.32. The lowest BCUT2D eigenvalue weighted by Gasteiger charge is -2.05. The summed E-state index contributed by atoms with van der Waals surface area (Å²) in [6, 6.07) is 4.10. The van der Waals surface area contributed by atoms with Gasteiger partial charge in [0.25, 0.3) is 0 Å². The van der Waals surface area contributed by atoms with E-state index >= 15 is 0 Å². The van der Waals surface area contributed by atoms with E-state index in [1.165, 1.54) is 5.56 Å². The number of nitrogens with one attached hydrogen (secondary N) is 2. The highest BCUT2D eigenvalue weighted by Crippen LogP contribution is 2.12. The summed E-state index contributed by atoms with van der Waals surface area (Å²) in [5.41, 5.74) is 2.21. The van der Waals surface area contributed by atoms with Crippen LogP contribution in [0.15, 0.2) is 24.5 Å². The number of aryl methyl sites for hydroxylation is 1. The number of imidazole rings is 1. The summed E-state index contributed by atoms with van der Waals surface area (Å²) in [7, 11) is 1.94. The van der Waals surface area contributed by atoms with Crippen LogP contribution in [-0.4, -0.2) is 29.5 Å². The maximum atomic E-state index is 4.32. The summed E-state index contributed by atoms with van der Waals surface area (Å²) in [4.78, 5) is 4.32. The molecule has 2 rings (SSSR count). The molecular formula is C11H16N4. The van der Waals surface area contributed by atoms with Crippen molar-refractivity contribution in [3.05, 3.63) is 30.1 Å². The van der Waals surface area contributed by atoms with E-state index in [2.05, 4.69) is 39.2 Å². The minimum Gasteiger partial charge on any atom is -0.369 e. The maximum Gasteiger partial charge on any atom is 0.138 e. The van der Waals surface area contributed by atoms with E-state index in [-0.39, 0.29) is 0 Å². The van der Waals surface area contributed by atoms with Gasteiger partial charge in [-0.2, -0.15) is 0 Å². The van der Waals surface area contributed by atoms with Crippen molar-refractivity contribution < 1.29 is 0 Å². The monoisotopic (exact) mass is 204 g/mol. The molecule has 2 heterocycles. The topological polar surface area (TPSA) is 41.4 Å². The van der Waals surface area contributed by atoms with E-state index in [9.17, 15) is 0 Å². The summed E-state index contributed by atoms with van der Waals surface area (Å²) in [5, 5.41) is 6.43. The minimum absolute atomic E-state index is 0.901. The van der Waals surface area contributed by atoms with E-state index in [1.807, 2.05) is 19.3 Å². The van der Waals surface area contributed by atoms with Crippen LogP contribution in [0.3, 0.4) is 0 Å². The third-order valence-corrected chi connectivity index (χ3v) is 2.33. The third kappa shape index (κ3) is 2.10. The Labute approximate surface area is 89.3 Å². The molecule has 0 saturated carbocycles. The Kier molecular flexibility index (Phi) is 2.87. The van der Waals surface area contributed by atoms with Gasteiger partial charge in [-0.15, -0.1) is 0 Å². The second kappa shape index (κ2) is 4.31. The Morgan fingerprint density at radius 2 is 2.20 bits per heavy atom. The van der Waals surface area contributed by atoms with Gasteiger partial charge >= 0.3 is 0 Å². The number of rotatable bonds is 4. The van der Waals surface area contributed by atoms with Gasteiger partial charge in [-0.3, -0.25) is 4.40 Å². The van der Waals surface area contributed by atoms with Crippen LogP contribution >= 0.6 is 0 Å². The summed E-state index contributed by atoms with van der Waals surface area (Å²) in [6.07, 6.45) is 3.95. The Balaban J connectivity index is 2.23. The highest BCUT2D eigenvalue weighted by Gasteiger charge is 2.01. The molecule has 2 aromatic heterocycles. The summed E-state index contributed by atoms with van der Waals surface area (Å²) < 4.78 is 2.07. The average molecular weight is 204 g/mol.